The summed E-state index contributed by atoms with van der Waals surface area (Å²) in [7, 11) is 0. The monoisotopic (exact) mass is 316 g/mol. The fourth-order valence-electron chi connectivity index (χ4n) is 2.30. The van der Waals surface area contributed by atoms with E-state index >= 15 is 0 Å². The van der Waals surface area contributed by atoms with Gasteiger partial charge in [-0.2, -0.15) is 0 Å². The Morgan fingerprint density at radius 2 is 1.78 bits per heavy atom. The minimum Gasteiger partial charge on any atom is -0.481 e. The molecule has 1 unspecified atom stereocenters. The molecule has 0 fully saturated rings. The normalized spacial score (nSPS) is 11.8. The Labute approximate surface area is 131 Å². The number of aliphatic carboxylic acids is 2. The van der Waals surface area contributed by atoms with E-state index in [2.05, 4.69) is 5.32 Å². The van der Waals surface area contributed by atoms with Crippen molar-refractivity contribution in [2.75, 3.05) is 5.73 Å². The predicted octanol–water partition coefficient (Wildman–Crippen LogP) is 1.47. The Bertz CT molecular complexity index is 772. The zero-order valence-corrected chi connectivity index (χ0v) is 12.2. The molecule has 2 aromatic rings. The third-order valence-corrected chi connectivity index (χ3v) is 3.44. The molecular formula is C16H16N2O5. The van der Waals surface area contributed by atoms with Crippen LogP contribution >= 0.6 is 0 Å². The molecule has 5 N–H and O–H groups in total. The van der Waals surface area contributed by atoms with Crippen LogP contribution in [0.25, 0.3) is 10.8 Å². The summed E-state index contributed by atoms with van der Waals surface area (Å²) < 4.78 is 0. The number of fused-ring (bicyclic) bond motifs is 1. The summed E-state index contributed by atoms with van der Waals surface area (Å²) in [6.07, 6.45) is -0.566. The van der Waals surface area contributed by atoms with Crippen molar-refractivity contribution in [1.29, 1.82) is 0 Å². The quantitative estimate of drug-likeness (QED) is 0.597. The predicted molar refractivity (Wildman–Crippen MR) is 84.1 cm³/mol. The second kappa shape index (κ2) is 6.78. The summed E-state index contributed by atoms with van der Waals surface area (Å²) >= 11 is 0. The summed E-state index contributed by atoms with van der Waals surface area (Å²) in [5.74, 6) is -3.06. The van der Waals surface area contributed by atoms with Crippen molar-refractivity contribution in [2.45, 2.75) is 18.9 Å². The summed E-state index contributed by atoms with van der Waals surface area (Å²) in [6, 6.07) is 9.13. The smallest absolute Gasteiger partial charge is 0.326 e. The van der Waals surface area contributed by atoms with Crippen LogP contribution < -0.4 is 11.1 Å². The van der Waals surface area contributed by atoms with Gasteiger partial charge in [0.15, 0.2) is 0 Å². The molecule has 0 aromatic heterocycles. The molecular weight excluding hydrogens is 300 g/mol. The van der Waals surface area contributed by atoms with Crippen molar-refractivity contribution in [3.05, 3.63) is 42.0 Å². The molecule has 0 bridgehead atoms. The summed E-state index contributed by atoms with van der Waals surface area (Å²) in [6.45, 7) is 0. The lowest BCUT2D eigenvalue weighted by Crippen LogP contribution is -2.41. The molecule has 7 heteroatoms. The Balaban J connectivity index is 2.31. The highest BCUT2D eigenvalue weighted by molar-refractivity contribution is 6.12. The number of carbonyl (C=O) groups is 3. The Morgan fingerprint density at radius 3 is 2.43 bits per heavy atom. The number of carboxylic acids is 2. The molecule has 2 aromatic carbocycles. The maximum absolute atomic E-state index is 12.4. The van der Waals surface area contributed by atoms with Crippen molar-refractivity contribution in [3.8, 4) is 0 Å². The van der Waals surface area contributed by atoms with Crippen LogP contribution in [0.5, 0.6) is 0 Å². The topological polar surface area (TPSA) is 130 Å². The van der Waals surface area contributed by atoms with E-state index < -0.39 is 23.9 Å². The van der Waals surface area contributed by atoms with Gasteiger partial charge < -0.3 is 21.3 Å². The van der Waals surface area contributed by atoms with Crippen LogP contribution in [0.1, 0.15) is 23.2 Å². The molecule has 1 amide bonds. The molecule has 0 aliphatic carbocycles. The standard InChI is InChI=1S/C16H16N2O5/c17-11-6-5-9-3-1-2-4-10(9)14(11)15(21)18-12(16(22)23)7-8-13(19)20/h1-6,12H,7-8,17H2,(H,18,21)(H,19,20)(H,22,23). The molecule has 2 rings (SSSR count). The van der Waals surface area contributed by atoms with E-state index in [1.165, 1.54) is 0 Å². The molecule has 0 aliphatic heterocycles. The SMILES string of the molecule is Nc1ccc2ccccc2c1C(=O)NC(CCC(=O)O)C(=O)O. The van der Waals surface area contributed by atoms with E-state index in [0.29, 0.717) is 5.39 Å². The highest BCUT2D eigenvalue weighted by Crippen LogP contribution is 2.24. The minimum atomic E-state index is -1.29. The van der Waals surface area contributed by atoms with Gasteiger partial charge in [-0.15, -0.1) is 0 Å². The van der Waals surface area contributed by atoms with Gasteiger partial charge >= 0.3 is 11.9 Å². The van der Waals surface area contributed by atoms with Crippen LogP contribution in [0.2, 0.25) is 0 Å². The average Bonchev–Trinajstić information content (AvgIpc) is 2.50. The van der Waals surface area contributed by atoms with Gasteiger partial charge in [-0.05, 0) is 23.3 Å². The second-order valence-corrected chi connectivity index (χ2v) is 5.05. The summed E-state index contributed by atoms with van der Waals surface area (Å²) in [5, 5.41) is 21.5. The maximum atomic E-state index is 12.4. The van der Waals surface area contributed by atoms with Crippen LogP contribution in [0.15, 0.2) is 36.4 Å². The zero-order valence-electron chi connectivity index (χ0n) is 12.2. The molecule has 0 radical (unpaired) electrons. The second-order valence-electron chi connectivity index (χ2n) is 5.05. The Kier molecular flexibility index (Phi) is 4.80. The van der Waals surface area contributed by atoms with Crippen LogP contribution in [0.3, 0.4) is 0 Å². The lowest BCUT2D eigenvalue weighted by molar-refractivity contribution is -0.140. The summed E-state index contributed by atoms with van der Waals surface area (Å²) in [5.41, 5.74) is 6.27. The van der Waals surface area contributed by atoms with E-state index in [-0.39, 0.29) is 24.1 Å². The molecule has 1 atom stereocenters. The first-order chi connectivity index (χ1) is 10.9. The van der Waals surface area contributed by atoms with Gasteiger partial charge in [0, 0.05) is 12.1 Å². The lowest BCUT2D eigenvalue weighted by atomic mass is 10.0. The average molecular weight is 316 g/mol. The fraction of sp³-hybridized carbons (Fsp3) is 0.188. The molecule has 0 spiro atoms. The first-order valence-electron chi connectivity index (χ1n) is 6.93. The van der Waals surface area contributed by atoms with Crippen molar-refractivity contribution < 1.29 is 24.6 Å². The van der Waals surface area contributed by atoms with Crippen LogP contribution in [-0.4, -0.2) is 34.1 Å². The Morgan fingerprint density at radius 1 is 1.09 bits per heavy atom. The number of anilines is 1. The van der Waals surface area contributed by atoms with Gasteiger partial charge in [0.05, 0.1) is 5.56 Å². The number of carbonyl (C=O) groups excluding carboxylic acids is 1. The van der Waals surface area contributed by atoms with Gasteiger partial charge in [-0.25, -0.2) is 4.79 Å². The number of amides is 1. The largest absolute Gasteiger partial charge is 0.481 e. The first-order valence-corrected chi connectivity index (χ1v) is 6.93. The van der Waals surface area contributed by atoms with Crippen molar-refractivity contribution in [2.24, 2.45) is 0 Å². The van der Waals surface area contributed by atoms with Gasteiger partial charge in [-0.3, -0.25) is 9.59 Å². The van der Waals surface area contributed by atoms with Crippen LogP contribution in [-0.2, 0) is 9.59 Å². The minimum absolute atomic E-state index is 0.185. The number of benzene rings is 2. The molecule has 0 saturated heterocycles. The third-order valence-electron chi connectivity index (χ3n) is 3.44. The van der Waals surface area contributed by atoms with Gasteiger partial charge in [-0.1, -0.05) is 30.3 Å². The fourth-order valence-corrected chi connectivity index (χ4v) is 2.30. The maximum Gasteiger partial charge on any atom is 0.326 e. The highest BCUT2D eigenvalue weighted by atomic mass is 16.4. The lowest BCUT2D eigenvalue weighted by Gasteiger charge is -2.16. The zero-order chi connectivity index (χ0) is 17.0. The van der Waals surface area contributed by atoms with E-state index in [1.807, 2.05) is 12.1 Å². The number of rotatable bonds is 6. The van der Waals surface area contributed by atoms with Crippen LogP contribution in [0, 0.1) is 0 Å². The number of nitrogens with one attached hydrogen (secondary N) is 1. The third kappa shape index (κ3) is 3.76. The number of hydrogen-bond acceptors (Lipinski definition) is 4. The van der Waals surface area contributed by atoms with Crippen LogP contribution in [0.4, 0.5) is 5.69 Å². The number of carboxylic acid groups (broad SMARTS) is 2. The molecule has 23 heavy (non-hydrogen) atoms. The summed E-state index contributed by atoms with van der Waals surface area (Å²) in [4.78, 5) is 34.2. The first kappa shape index (κ1) is 16.3. The van der Waals surface area contributed by atoms with Gasteiger partial charge in [0.1, 0.15) is 6.04 Å². The van der Waals surface area contributed by atoms with Gasteiger partial charge in [0.2, 0.25) is 0 Å². The highest BCUT2D eigenvalue weighted by Gasteiger charge is 2.23. The molecule has 0 aliphatic rings. The van der Waals surface area contributed by atoms with E-state index in [0.717, 1.165) is 5.39 Å². The van der Waals surface area contributed by atoms with Crippen molar-refractivity contribution >= 4 is 34.3 Å². The van der Waals surface area contributed by atoms with Crippen molar-refractivity contribution in [1.82, 2.24) is 5.32 Å². The Hall–Kier alpha value is -3.09. The number of nitrogens with two attached hydrogens (primary N) is 1. The van der Waals surface area contributed by atoms with E-state index in [1.54, 1.807) is 24.3 Å². The number of hydrogen-bond donors (Lipinski definition) is 4. The van der Waals surface area contributed by atoms with Gasteiger partial charge in [0.25, 0.3) is 5.91 Å². The molecule has 0 saturated carbocycles. The molecule has 7 nitrogen and oxygen atoms in total. The van der Waals surface area contributed by atoms with E-state index in [4.69, 9.17) is 15.9 Å². The van der Waals surface area contributed by atoms with Crippen molar-refractivity contribution in [3.63, 3.8) is 0 Å². The molecule has 120 valence electrons. The number of nitrogen functional groups attached to an aromatic ring is 1. The molecule has 0 heterocycles. The van der Waals surface area contributed by atoms with E-state index in [9.17, 15) is 14.4 Å².